The van der Waals surface area contributed by atoms with E-state index in [1.54, 1.807) is 49.9 Å². The lowest BCUT2D eigenvalue weighted by Crippen LogP contribution is -2.55. The van der Waals surface area contributed by atoms with Crippen molar-refractivity contribution in [2.75, 3.05) is 6.54 Å². The highest BCUT2D eigenvalue weighted by Gasteiger charge is 2.37. The van der Waals surface area contributed by atoms with E-state index in [9.17, 15) is 19.5 Å². The zero-order valence-corrected chi connectivity index (χ0v) is 27.6. The third-order valence-electron chi connectivity index (χ3n) is 8.14. The number of alkyl carbamates (subject to hydrolysis) is 1. The van der Waals surface area contributed by atoms with E-state index in [1.807, 2.05) is 32.0 Å². The van der Waals surface area contributed by atoms with Crippen molar-refractivity contribution in [1.82, 2.24) is 15.5 Å². The van der Waals surface area contributed by atoms with Gasteiger partial charge in [-0.2, -0.15) is 0 Å². The Balaban J connectivity index is 2.06. The van der Waals surface area contributed by atoms with Crippen LogP contribution < -0.4 is 10.6 Å². The minimum absolute atomic E-state index is 0.0774. The molecule has 0 radical (unpaired) electrons. The average Bonchev–Trinajstić information content (AvgIpc) is 2.96. The molecule has 2 aromatic rings. The summed E-state index contributed by atoms with van der Waals surface area (Å²) in [6.45, 7) is 11.8. The predicted octanol–water partition coefficient (Wildman–Crippen LogP) is 7.04. The van der Waals surface area contributed by atoms with Gasteiger partial charge in [-0.05, 0) is 82.7 Å². The number of phenolic OH excluding ortho intramolecular Hbond substituents is 1. The van der Waals surface area contributed by atoms with E-state index in [4.69, 9.17) is 4.74 Å². The van der Waals surface area contributed by atoms with Crippen LogP contribution in [-0.4, -0.2) is 52.1 Å². The highest BCUT2D eigenvalue weighted by atomic mass is 16.6. The summed E-state index contributed by atoms with van der Waals surface area (Å²) in [4.78, 5) is 43.7. The minimum atomic E-state index is -0.990. The molecule has 0 aromatic heterocycles. The number of rotatable bonds is 13. The van der Waals surface area contributed by atoms with Crippen LogP contribution in [0.2, 0.25) is 0 Å². The highest BCUT2D eigenvalue weighted by molar-refractivity contribution is 5.92. The van der Waals surface area contributed by atoms with Crippen LogP contribution in [0.5, 0.6) is 5.75 Å². The summed E-state index contributed by atoms with van der Waals surface area (Å²) in [6, 6.07) is 10.8. The van der Waals surface area contributed by atoms with Crippen molar-refractivity contribution in [2.24, 2.45) is 0 Å². The van der Waals surface area contributed by atoms with Crippen LogP contribution in [0, 0.1) is 13.8 Å². The third kappa shape index (κ3) is 10.9. The molecule has 2 unspecified atom stereocenters. The van der Waals surface area contributed by atoms with Crippen molar-refractivity contribution < 1.29 is 24.2 Å². The molecule has 3 rings (SSSR count). The van der Waals surface area contributed by atoms with Gasteiger partial charge in [0.1, 0.15) is 23.4 Å². The molecule has 3 amide bonds. The first-order chi connectivity index (χ1) is 20.9. The summed E-state index contributed by atoms with van der Waals surface area (Å²) < 4.78 is 5.56. The molecule has 2 aromatic carbocycles. The Bertz CT molecular complexity index is 1230. The van der Waals surface area contributed by atoms with Gasteiger partial charge >= 0.3 is 6.09 Å². The lowest BCUT2D eigenvalue weighted by Gasteiger charge is -2.36. The fraction of sp³-hybridized carbons (Fsp3) is 0.583. The number of nitrogens with zero attached hydrogens (tertiary/aromatic N) is 1. The van der Waals surface area contributed by atoms with Gasteiger partial charge in [-0.3, -0.25) is 9.59 Å². The molecule has 0 spiro atoms. The standard InChI is InChI=1S/C36H53N3O5/c1-7-8-9-13-22-39(32(30-23-25(2)16-17-26(30)3)33(41)37-28-14-11-10-12-15-28)34(42)31(38-35(43)44-36(4,5)6)24-27-18-20-29(40)21-19-27/h16-21,23,28,31-32,40H,7-15,22,24H2,1-6H3,(H,37,41)(H,38,43). The molecule has 0 heterocycles. The summed E-state index contributed by atoms with van der Waals surface area (Å²) in [5.41, 5.74) is 2.74. The van der Waals surface area contributed by atoms with Crippen molar-refractivity contribution in [3.63, 3.8) is 0 Å². The van der Waals surface area contributed by atoms with Crippen LogP contribution in [0.25, 0.3) is 0 Å². The van der Waals surface area contributed by atoms with E-state index in [2.05, 4.69) is 17.6 Å². The average molecular weight is 608 g/mol. The molecule has 44 heavy (non-hydrogen) atoms. The van der Waals surface area contributed by atoms with Gasteiger partial charge in [-0.25, -0.2) is 4.79 Å². The van der Waals surface area contributed by atoms with Gasteiger partial charge in [-0.15, -0.1) is 0 Å². The van der Waals surface area contributed by atoms with Crippen LogP contribution in [0.3, 0.4) is 0 Å². The molecular weight excluding hydrogens is 554 g/mol. The van der Waals surface area contributed by atoms with Crippen molar-refractivity contribution in [3.8, 4) is 5.75 Å². The second-order valence-corrected chi connectivity index (χ2v) is 13.3. The largest absolute Gasteiger partial charge is 0.508 e. The number of unbranched alkanes of at least 4 members (excludes halogenated alkanes) is 3. The van der Waals surface area contributed by atoms with Gasteiger partial charge < -0.3 is 25.4 Å². The van der Waals surface area contributed by atoms with Gasteiger partial charge in [0.25, 0.3) is 0 Å². The Labute approximate surface area is 263 Å². The molecule has 3 N–H and O–H groups in total. The predicted molar refractivity (Wildman–Crippen MR) is 174 cm³/mol. The van der Waals surface area contributed by atoms with Gasteiger partial charge in [0, 0.05) is 19.0 Å². The van der Waals surface area contributed by atoms with Crippen LogP contribution >= 0.6 is 0 Å². The number of aryl methyl sites for hydroxylation is 2. The Kier molecular flexibility index (Phi) is 13.1. The van der Waals surface area contributed by atoms with Crippen LogP contribution in [0.4, 0.5) is 4.79 Å². The number of phenols is 1. The van der Waals surface area contributed by atoms with E-state index in [-0.39, 0.29) is 30.0 Å². The zero-order valence-electron chi connectivity index (χ0n) is 27.6. The van der Waals surface area contributed by atoms with E-state index >= 15 is 0 Å². The second kappa shape index (κ2) is 16.5. The first kappa shape index (κ1) is 34.9. The van der Waals surface area contributed by atoms with E-state index in [1.165, 1.54) is 6.42 Å². The molecule has 1 aliphatic rings. The molecule has 8 heteroatoms. The van der Waals surface area contributed by atoms with Crippen molar-refractivity contribution in [1.29, 1.82) is 0 Å². The minimum Gasteiger partial charge on any atom is -0.508 e. The van der Waals surface area contributed by atoms with Gasteiger partial charge in [0.2, 0.25) is 11.8 Å². The fourth-order valence-electron chi connectivity index (χ4n) is 5.83. The number of carbonyl (C=O) groups excluding carboxylic acids is 3. The number of hydrogen-bond donors (Lipinski definition) is 3. The lowest BCUT2D eigenvalue weighted by molar-refractivity contribution is -0.143. The van der Waals surface area contributed by atoms with E-state index < -0.39 is 23.8 Å². The fourth-order valence-corrected chi connectivity index (χ4v) is 5.83. The number of ether oxygens (including phenoxy) is 1. The first-order valence-corrected chi connectivity index (χ1v) is 16.3. The molecule has 8 nitrogen and oxygen atoms in total. The smallest absolute Gasteiger partial charge is 0.408 e. The monoisotopic (exact) mass is 607 g/mol. The number of aromatic hydroxyl groups is 1. The van der Waals surface area contributed by atoms with Crippen molar-refractivity contribution in [2.45, 2.75) is 129 Å². The van der Waals surface area contributed by atoms with Crippen LogP contribution in [-0.2, 0) is 20.7 Å². The summed E-state index contributed by atoms with van der Waals surface area (Å²) in [6.07, 6.45) is 8.38. The molecular formula is C36H53N3O5. The molecule has 1 aliphatic carbocycles. The Morgan fingerprint density at radius 3 is 2.30 bits per heavy atom. The topological polar surface area (TPSA) is 108 Å². The normalized spacial score (nSPS) is 15.2. The maximum absolute atomic E-state index is 14.7. The molecule has 1 saturated carbocycles. The first-order valence-electron chi connectivity index (χ1n) is 16.3. The molecule has 0 saturated heterocycles. The zero-order chi connectivity index (χ0) is 32.3. The van der Waals surface area contributed by atoms with Gasteiger partial charge in [0.05, 0.1) is 0 Å². The van der Waals surface area contributed by atoms with Gasteiger partial charge in [-0.1, -0.05) is 81.3 Å². The molecule has 2 atom stereocenters. The number of benzene rings is 2. The van der Waals surface area contributed by atoms with E-state index in [0.29, 0.717) is 6.54 Å². The Morgan fingerprint density at radius 2 is 1.66 bits per heavy atom. The molecule has 1 fully saturated rings. The Morgan fingerprint density at radius 1 is 0.977 bits per heavy atom. The van der Waals surface area contributed by atoms with Crippen LogP contribution in [0.15, 0.2) is 42.5 Å². The molecule has 0 bridgehead atoms. The van der Waals surface area contributed by atoms with Crippen LogP contribution in [0.1, 0.15) is 114 Å². The molecule has 0 aliphatic heterocycles. The summed E-state index contributed by atoms with van der Waals surface area (Å²) in [5.74, 6) is -0.413. The molecule has 242 valence electrons. The van der Waals surface area contributed by atoms with E-state index in [0.717, 1.165) is 73.6 Å². The maximum atomic E-state index is 14.7. The summed E-state index contributed by atoms with van der Waals surface area (Å²) >= 11 is 0. The van der Waals surface area contributed by atoms with Crippen molar-refractivity contribution in [3.05, 3.63) is 64.7 Å². The number of hydrogen-bond acceptors (Lipinski definition) is 5. The summed E-state index contributed by atoms with van der Waals surface area (Å²) in [7, 11) is 0. The SMILES string of the molecule is CCCCCCN(C(=O)C(Cc1ccc(O)cc1)NC(=O)OC(C)(C)C)C(C(=O)NC1CCCCC1)c1cc(C)ccc1C. The summed E-state index contributed by atoms with van der Waals surface area (Å²) in [5, 5.41) is 16.0. The van der Waals surface area contributed by atoms with Gasteiger partial charge in [0.15, 0.2) is 0 Å². The maximum Gasteiger partial charge on any atom is 0.408 e. The highest BCUT2D eigenvalue weighted by Crippen LogP contribution is 2.29. The Hall–Kier alpha value is -3.55. The second-order valence-electron chi connectivity index (χ2n) is 13.3. The number of nitrogens with one attached hydrogen (secondary N) is 2. The number of amides is 3. The quantitative estimate of drug-likeness (QED) is 0.212. The van der Waals surface area contributed by atoms with Crippen molar-refractivity contribution >= 4 is 17.9 Å². The number of carbonyl (C=O) groups is 3. The third-order valence-corrected chi connectivity index (χ3v) is 8.14. The lowest BCUT2D eigenvalue weighted by atomic mass is 9.92.